The van der Waals surface area contributed by atoms with E-state index in [1.54, 1.807) is 25.7 Å². The maximum Gasteiger partial charge on any atom is 0.259 e. The van der Waals surface area contributed by atoms with Gasteiger partial charge in [-0.2, -0.15) is 0 Å². The lowest BCUT2D eigenvalue weighted by Gasteiger charge is -2.38. The Bertz CT molecular complexity index is 1060. The SMILES string of the molecule is COc1cnc2cccc(CC[C@@H]3CC[C@@H](NC(=O)C4=CN=CCS4)[C@@H](CC(O)CO)O3)c2c1. The summed E-state index contributed by atoms with van der Waals surface area (Å²) in [6.45, 7) is -0.342. The lowest BCUT2D eigenvalue weighted by molar-refractivity contribution is -0.124. The summed E-state index contributed by atoms with van der Waals surface area (Å²) in [4.78, 5) is 21.8. The van der Waals surface area contributed by atoms with Crippen molar-refractivity contribution in [2.45, 2.75) is 56.5 Å². The number of nitrogens with one attached hydrogen (secondary N) is 1. The molecule has 1 amide bonds. The zero-order valence-corrected chi connectivity index (χ0v) is 20.0. The van der Waals surface area contributed by atoms with Gasteiger partial charge in [-0.3, -0.25) is 14.8 Å². The summed E-state index contributed by atoms with van der Waals surface area (Å²) in [5, 5.41) is 23.6. The van der Waals surface area contributed by atoms with Crippen LogP contribution in [0.3, 0.4) is 0 Å². The summed E-state index contributed by atoms with van der Waals surface area (Å²) in [5.41, 5.74) is 2.10. The van der Waals surface area contributed by atoms with E-state index < -0.39 is 6.10 Å². The van der Waals surface area contributed by atoms with E-state index in [1.807, 2.05) is 18.2 Å². The van der Waals surface area contributed by atoms with Crippen molar-refractivity contribution in [3.63, 3.8) is 0 Å². The Labute approximate surface area is 203 Å². The zero-order chi connectivity index (χ0) is 23.9. The Morgan fingerprint density at radius 1 is 1.38 bits per heavy atom. The zero-order valence-electron chi connectivity index (χ0n) is 19.2. The van der Waals surface area contributed by atoms with E-state index in [0.29, 0.717) is 10.7 Å². The minimum absolute atomic E-state index is 0.00857. The van der Waals surface area contributed by atoms with Crippen molar-refractivity contribution in [2.75, 3.05) is 19.5 Å². The molecule has 1 aromatic heterocycles. The lowest BCUT2D eigenvalue weighted by Crippen LogP contribution is -2.51. The van der Waals surface area contributed by atoms with Gasteiger partial charge in [0.2, 0.25) is 0 Å². The van der Waals surface area contributed by atoms with Crippen molar-refractivity contribution >= 4 is 34.8 Å². The molecule has 4 atom stereocenters. The summed E-state index contributed by atoms with van der Waals surface area (Å²) in [7, 11) is 1.63. The average Bonchev–Trinajstić information content (AvgIpc) is 2.88. The Morgan fingerprint density at radius 3 is 3.03 bits per heavy atom. The molecule has 0 spiro atoms. The molecule has 0 saturated carbocycles. The summed E-state index contributed by atoms with van der Waals surface area (Å²) < 4.78 is 11.7. The second-order valence-electron chi connectivity index (χ2n) is 8.56. The molecule has 1 saturated heterocycles. The number of benzene rings is 1. The lowest BCUT2D eigenvalue weighted by atomic mass is 9.91. The molecule has 3 N–H and O–H groups in total. The molecule has 1 aromatic carbocycles. The normalized spacial score (nSPS) is 23.4. The molecule has 182 valence electrons. The number of aryl methyl sites for hydroxylation is 1. The van der Waals surface area contributed by atoms with E-state index in [2.05, 4.69) is 21.4 Å². The maximum atomic E-state index is 12.7. The van der Waals surface area contributed by atoms with E-state index >= 15 is 0 Å². The van der Waals surface area contributed by atoms with Crippen LogP contribution < -0.4 is 10.1 Å². The topological polar surface area (TPSA) is 113 Å². The van der Waals surface area contributed by atoms with Gasteiger partial charge in [0, 0.05) is 30.0 Å². The molecule has 9 heteroatoms. The second-order valence-corrected chi connectivity index (χ2v) is 9.62. The number of thioether (sulfide) groups is 1. The molecular weight excluding hydrogens is 454 g/mol. The molecule has 2 aromatic rings. The summed E-state index contributed by atoms with van der Waals surface area (Å²) in [5.74, 6) is 1.22. The number of carbonyl (C=O) groups is 1. The van der Waals surface area contributed by atoms with Gasteiger partial charge in [0.15, 0.2) is 0 Å². The van der Waals surface area contributed by atoms with E-state index in [4.69, 9.17) is 9.47 Å². The Morgan fingerprint density at radius 2 is 2.26 bits per heavy atom. The number of pyridine rings is 1. The molecule has 2 aliphatic heterocycles. The molecule has 1 unspecified atom stereocenters. The van der Waals surface area contributed by atoms with Crippen molar-refractivity contribution in [2.24, 2.45) is 4.99 Å². The summed E-state index contributed by atoms with van der Waals surface area (Å²) >= 11 is 1.44. The predicted molar refractivity (Wildman–Crippen MR) is 133 cm³/mol. The van der Waals surface area contributed by atoms with Crippen LogP contribution in [0.15, 0.2) is 46.6 Å². The van der Waals surface area contributed by atoms with Crippen molar-refractivity contribution in [1.29, 1.82) is 0 Å². The number of rotatable bonds is 9. The van der Waals surface area contributed by atoms with E-state index in [-0.39, 0.29) is 37.2 Å². The van der Waals surface area contributed by atoms with Crippen molar-refractivity contribution < 1.29 is 24.5 Å². The third-order valence-corrected chi connectivity index (χ3v) is 7.16. The van der Waals surface area contributed by atoms with Crippen LogP contribution in [0.4, 0.5) is 0 Å². The van der Waals surface area contributed by atoms with Gasteiger partial charge < -0.3 is 25.0 Å². The molecule has 34 heavy (non-hydrogen) atoms. The highest BCUT2D eigenvalue weighted by molar-refractivity contribution is 8.04. The number of ether oxygens (including phenoxy) is 2. The third kappa shape index (κ3) is 6.15. The van der Waals surface area contributed by atoms with Crippen molar-refractivity contribution in [1.82, 2.24) is 10.3 Å². The van der Waals surface area contributed by atoms with Gasteiger partial charge in [-0.05, 0) is 43.4 Å². The number of aliphatic hydroxyl groups excluding tert-OH is 2. The second kappa shape index (κ2) is 11.8. The molecule has 0 aliphatic carbocycles. The van der Waals surface area contributed by atoms with Crippen LogP contribution in [0, 0.1) is 0 Å². The molecule has 2 aliphatic rings. The highest BCUT2D eigenvalue weighted by Crippen LogP contribution is 2.29. The number of aromatic nitrogens is 1. The minimum Gasteiger partial charge on any atom is -0.495 e. The number of aliphatic hydroxyl groups is 2. The van der Waals surface area contributed by atoms with Crippen LogP contribution in [0.25, 0.3) is 10.9 Å². The number of amides is 1. The molecule has 3 heterocycles. The minimum atomic E-state index is -0.896. The Kier molecular flexibility index (Phi) is 8.55. The molecular formula is C25H31N3O5S. The van der Waals surface area contributed by atoms with Gasteiger partial charge >= 0.3 is 0 Å². The smallest absolute Gasteiger partial charge is 0.259 e. The summed E-state index contributed by atoms with van der Waals surface area (Å²) in [6, 6.07) is 7.87. The highest BCUT2D eigenvalue weighted by atomic mass is 32.2. The van der Waals surface area contributed by atoms with Crippen LogP contribution >= 0.6 is 11.8 Å². The average molecular weight is 486 g/mol. The first kappa shape index (κ1) is 24.7. The van der Waals surface area contributed by atoms with Crippen LogP contribution in [-0.4, -0.2) is 71.1 Å². The quantitative estimate of drug-likeness (QED) is 0.500. The van der Waals surface area contributed by atoms with Crippen LogP contribution in [0.5, 0.6) is 5.75 Å². The molecule has 4 rings (SSSR count). The summed E-state index contributed by atoms with van der Waals surface area (Å²) in [6.07, 6.45) is 7.19. The standard InChI is InChI=1S/C25H31N3O5S/c1-32-19-12-20-16(3-2-4-21(20)27-13-19)5-6-18-7-8-22(23(33-18)11-17(30)15-29)28-25(31)24-14-26-9-10-34-24/h2-4,9,12-14,17-18,22-23,29-30H,5-8,10-11,15H2,1H3,(H,28,31)/t17?,18-,22-,23-/m1/s1. The van der Waals surface area contributed by atoms with Gasteiger partial charge in [0.05, 0.1) is 54.7 Å². The Hall–Kier alpha value is -2.46. The van der Waals surface area contributed by atoms with Gasteiger partial charge in [-0.15, -0.1) is 11.8 Å². The Balaban J connectivity index is 1.41. The van der Waals surface area contributed by atoms with Crippen LogP contribution in [0.1, 0.15) is 31.2 Å². The van der Waals surface area contributed by atoms with Crippen LogP contribution in [-0.2, 0) is 16.0 Å². The number of aliphatic imine (C=N–C) groups is 1. The number of nitrogens with zero attached hydrogens (tertiary/aromatic N) is 2. The number of hydrogen-bond donors (Lipinski definition) is 3. The fraction of sp³-hybridized carbons (Fsp3) is 0.480. The highest BCUT2D eigenvalue weighted by Gasteiger charge is 2.34. The van der Waals surface area contributed by atoms with E-state index in [1.165, 1.54) is 17.3 Å². The van der Waals surface area contributed by atoms with Crippen molar-refractivity contribution in [3.8, 4) is 5.75 Å². The van der Waals surface area contributed by atoms with E-state index in [9.17, 15) is 15.0 Å². The van der Waals surface area contributed by atoms with Crippen molar-refractivity contribution in [3.05, 3.63) is 47.1 Å². The number of fused-ring (bicyclic) bond motifs is 1. The number of hydrogen-bond acceptors (Lipinski definition) is 8. The monoisotopic (exact) mass is 485 g/mol. The predicted octanol–water partition coefficient (Wildman–Crippen LogP) is 2.61. The molecule has 8 nitrogen and oxygen atoms in total. The maximum absolute atomic E-state index is 12.7. The van der Waals surface area contributed by atoms with Gasteiger partial charge in [0.25, 0.3) is 5.91 Å². The number of methoxy groups -OCH3 is 1. The third-order valence-electron chi connectivity index (χ3n) is 6.24. The van der Waals surface area contributed by atoms with Crippen LogP contribution in [0.2, 0.25) is 0 Å². The largest absolute Gasteiger partial charge is 0.495 e. The van der Waals surface area contributed by atoms with Gasteiger partial charge in [-0.1, -0.05) is 12.1 Å². The first-order chi connectivity index (χ1) is 16.6. The van der Waals surface area contributed by atoms with Gasteiger partial charge in [0.1, 0.15) is 5.75 Å². The van der Waals surface area contributed by atoms with Gasteiger partial charge in [-0.25, -0.2) is 0 Å². The molecule has 0 bridgehead atoms. The molecule has 1 fully saturated rings. The fourth-order valence-corrected chi connectivity index (χ4v) is 5.10. The fourth-order valence-electron chi connectivity index (χ4n) is 4.43. The van der Waals surface area contributed by atoms with E-state index in [0.717, 1.165) is 42.3 Å². The molecule has 0 radical (unpaired) electrons. The first-order valence-electron chi connectivity index (χ1n) is 11.6. The number of carbonyl (C=O) groups excluding carboxylic acids is 1. The first-order valence-corrected chi connectivity index (χ1v) is 12.6.